The Morgan fingerprint density at radius 3 is 2.60 bits per heavy atom. The highest BCUT2D eigenvalue weighted by Crippen LogP contribution is 2.49. The van der Waals surface area contributed by atoms with Crippen molar-refractivity contribution in [2.75, 3.05) is 19.6 Å². The zero-order valence-electron chi connectivity index (χ0n) is 23.4. The Labute approximate surface area is 233 Å². The molecule has 1 aliphatic carbocycles. The van der Waals surface area contributed by atoms with Gasteiger partial charge in [-0.3, -0.25) is 9.78 Å². The summed E-state index contributed by atoms with van der Waals surface area (Å²) in [7, 11) is 0. The fourth-order valence-electron chi connectivity index (χ4n) is 7.30. The summed E-state index contributed by atoms with van der Waals surface area (Å²) in [4.78, 5) is 33.9. The fraction of sp³-hybridized carbons (Fsp3) is 0.581. The van der Waals surface area contributed by atoms with Crippen LogP contribution in [-0.2, 0) is 23.9 Å². The van der Waals surface area contributed by atoms with Crippen LogP contribution >= 0.6 is 0 Å². The second-order valence-electron chi connectivity index (χ2n) is 12.3. The summed E-state index contributed by atoms with van der Waals surface area (Å²) in [6.45, 7) is 8.82. The van der Waals surface area contributed by atoms with Crippen molar-refractivity contribution < 1.29 is 27.9 Å². The maximum atomic E-state index is 14.1. The van der Waals surface area contributed by atoms with Crippen molar-refractivity contribution in [3.63, 3.8) is 0 Å². The standard InChI is InChI=1S/C31H38F3N3O3/c1-19(2)30(29(40)37-12-9-27-23(18-37)14-24(16-35-27)31(32,33)34)10-7-25(15-30)36-11-8-26(20(3)17-36)21-5-4-6-22(13-21)28(38)39/h4-6,13-14,16,19-20,25-26H,7-12,15,17-18H2,1-3H3,(H,38,39)/t20?,25-,26?,30+/m1/s1. The van der Waals surface area contributed by atoms with Gasteiger partial charge in [0.25, 0.3) is 0 Å². The second kappa shape index (κ2) is 10.8. The summed E-state index contributed by atoms with van der Waals surface area (Å²) in [5.41, 5.74) is 1.21. The maximum absolute atomic E-state index is 14.1. The third kappa shape index (κ3) is 5.37. The van der Waals surface area contributed by atoms with Gasteiger partial charge in [-0.2, -0.15) is 13.2 Å². The summed E-state index contributed by atoms with van der Waals surface area (Å²) in [5, 5.41) is 9.40. The molecule has 9 heteroatoms. The van der Waals surface area contributed by atoms with E-state index in [0.29, 0.717) is 35.7 Å². The summed E-state index contributed by atoms with van der Waals surface area (Å²) in [6.07, 6.45) is 0.259. The minimum atomic E-state index is -4.46. The largest absolute Gasteiger partial charge is 0.478 e. The predicted octanol–water partition coefficient (Wildman–Crippen LogP) is 6.00. The molecule has 3 aliphatic rings. The number of fused-ring (bicyclic) bond motifs is 1. The third-order valence-corrected chi connectivity index (χ3v) is 9.72. The lowest BCUT2D eigenvalue weighted by atomic mass is 9.73. The van der Waals surface area contributed by atoms with Crippen molar-refractivity contribution in [2.24, 2.45) is 17.3 Å². The van der Waals surface area contributed by atoms with Gasteiger partial charge in [-0.1, -0.05) is 32.9 Å². The normalized spacial score (nSPS) is 27.6. The Morgan fingerprint density at radius 2 is 1.93 bits per heavy atom. The molecular formula is C31H38F3N3O3. The molecule has 2 fully saturated rings. The van der Waals surface area contributed by atoms with Crippen LogP contribution in [0.4, 0.5) is 13.2 Å². The first-order valence-corrected chi connectivity index (χ1v) is 14.3. The van der Waals surface area contributed by atoms with Gasteiger partial charge in [0.2, 0.25) is 5.91 Å². The molecule has 216 valence electrons. The molecule has 1 aromatic carbocycles. The minimum Gasteiger partial charge on any atom is -0.478 e. The highest BCUT2D eigenvalue weighted by molar-refractivity contribution is 5.87. The average Bonchev–Trinajstić information content (AvgIpc) is 3.38. The van der Waals surface area contributed by atoms with E-state index in [0.717, 1.165) is 56.6 Å². The molecule has 1 aromatic heterocycles. The lowest BCUT2D eigenvalue weighted by Crippen LogP contribution is -2.49. The van der Waals surface area contributed by atoms with Crippen LogP contribution in [0.25, 0.3) is 0 Å². The van der Waals surface area contributed by atoms with E-state index in [1.807, 2.05) is 12.1 Å². The smallest absolute Gasteiger partial charge is 0.417 e. The number of hydrogen-bond acceptors (Lipinski definition) is 4. The number of pyridine rings is 1. The number of halogens is 3. The first-order chi connectivity index (χ1) is 18.9. The van der Waals surface area contributed by atoms with Crippen LogP contribution in [0, 0.1) is 17.3 Å². The Kier molecular flexibility index (Phi) is 7.72. The molecule has 3 heterocycles. The number of rotatable bonds is 5. The van der Waals surface area contributed by atoms with E-state index in [-0.39, 0.29) is 30.3 Å². The Hall–Kier alpha value is -2.94. The molecule has 6 nitrogen and oxygen atoms in total. The number of aromatic nitrogens is 1. The zero-order chi connectivity index (χ0) is 28.8. The molecule has 40 heavy (non-hydrogen) atoms. The number of amides is 1. The lowest BCUT2D eigenvalue weighted by Gasteiger charge is -2.42. The fourth-order valence-corrected chi connectivity index (χ4v) is 7.30. The monoisotopic (exact) mass is 557 g/mol. The lowest BCUT2D eigenvalue weighted by molar-refractivity contribution is -0.146. The van der Waals surface area contributed by atoms with E-state index in [1.54, 1.807) is 17.0 Å². The van der Waals surface area contributed by atoms with Gasteiger partial charge >= 0.3 is 12.1 Å². The van der Waals surface area contributed by atoms with E-state index < -0.39 is 23.1 Å². The first-order valence-electron chi connectivity index (χ1n) is 14.3. The van der Waals surface area contributed by atoms with Crippen molar-refractivity contribution in [1.82, 2.24) is 14.8 Å². The van der Waals surface area contributed by atoms with Gasteiger partial charge in [-0.25, -0.2) is 4.79 Å². The van der Waals surface area contributed by atoms with Crippen LogP contribution in [0.3, 0.4) is 0 Å². The molecule has 0 spiro atoms. The van der Waals surface area contributed by atoms with Crippen molar-refractivity contribution in [1.29, 1.82) is 0 Å². The van der Waals surface area contributed by atoms with Crippen LogP contribution in [0.5, 0.6) is 0 Å². The van der Waals surface area contributed by atoms with E-state index in [2.05, 4.69) is 30.7 Å². The molecule has 0 radical (unpaired) electrons. The highest BCUT2D eigenvalue weighted by Gasteiger charge is 2.51. The molecule has 2 aromatic rings. The van der Waals surface area contributed by atoms with Crippen LogP contribution < -0.4 is 0 Å². The molecule has 1 saturated heterocycles. The second-order valence-corrected chi connectivity index (χ2v) is 12.3. The van der Waals surface area contributed by atoms with Crippen LogP contribution in [-0.4, -0.2) is 57.4 Å². The molecule has 2 unspecified atom stereocenters. The number of aromatic carboxylic acids is 1. The number of carboxylic acid groups (broad SMARTS) is 1. The van der Waals surface area contributed by atoms with Crippen molar-refractivity contribution in [3.05, 3.63) is 64.5 Å². The molecule has 4 atom stereocenters. The van der Waals surface area contributed by atoms with Gasteiger partial charge in [-0.15, -0.1) is 0 Å². The number of piperidine rings is 1. The van der Waals surface area contributed by atoms with Crippen LogP contribution in [0.15, 0.2) is 36.5 Å². The number of nitrogens with zero attached hydrogens (tertiary/aromatic N) is 3. The number of carbonyl (C=O) groups excluding carboxylic acids is 1. The van der Waals surface area contributed by atoms with Crippen molar-refractivity contribution >= 4 is 11.9 Å². The van der Waals surface area contributed by atoms with E-state index in [4.69, 9.17) is 0 Å². The molecule has 2 aliphatic heterocycles. The summed E-state index contributed by atoms with van der Waals surface area (Å²) in [6, 6.07) is 8.68. The summed E-state index contributed by atoms with van der Waals surface area (Å²) >= 11 is 0. The van der Waals surface area contributed by atoms with Crippen molar-refractivity contribution in [2.45, 2.75) is 77.6 Å². The van der Waals surface area contributed by atoms with Gasteiger partial charge < -0.3 is 14.9 Å². The van der Waals surface area contributed by atoms with Crippen LogP contribution in [0.1, 0.15) is 85.1 Å². The molecule has 0 bridgehead atoms. The third-order valence-electron chi connectivity index (χ3n) is 9.72. The summed E-state index contributed by atoms with van der Waals surface area (Å²) in [5.74, 6) is -0.114. The van der Waals surface area contributed by atoms with E-state index in [1.165, 1.54) is 0 Å². The minimum absolute atomic E-state index is 0.0569. The van der Waals surface area contributed by atoms with E-state index >= 15 is 0 Å². The summed E-state index contributed by atoms with van der Waals surface area (Å²) < 4.78 is 39.9. The van der Waals surface area contributed by atoms with E-state index in [9.17, 15) is 27.9 Å². The number of alkyl halides is 3. The number of carbonyl (C=O) groups is 2. The zero-order valence-corrected chi connectivity index (χ0v) is 23.4. The van der Waals surface area contributed by atoms with Gasteiger partial charge in [-0.05, 0) is 79.3 Å². The number of benzene rings is 1. The Bertz CT molecular complexity index is 1280. The molecule has 1 saturated carbocycles. The SMILES string of the molecule is CC1CN([C@@H]2CC[C@@](C(=O)N3CCc4ncc(C(F)(F)F)cc4C3)(C(C)C)C2)CCC1c1cccc(C(=O)O)c1. The van der Waals surface area contributed by atoms with Crippen LogP contribution in [0.2, 0.25) is 0 Å². The quantitative estimate of drug-likeness (QED) is 0.488. The first kappa shape index (κ1) is 28.6. The topological polar surface area (TPSA) is 73.7 Å². The Morgan fingerprint density at radius 1 is 1.15 bits per heavy atom. The highest BCUT2D eigenvalue weighted by atomic mass is 19.4. The maximum Gasteiger partial charge on any atom is 0.417 e. The van der Waals surface area contributed by atoms with Gasteiger partial charge in [0, 0.05) is 44.0 Å². The number of likely N-dealkylation sites (tertiary alicyclic amines) is 1. The molecular weight excluding hydrogens is 519 g/mol. The molecule has 1 amide bonds. The van der Waals surface area contributed by atoms with Crippen molar-refractivity contribution in [3.8, 4) is 0 Å². The number of hydrogen-bond donors (Lipinski definition) is 1. The van der Waals surface area contributed by atoms with Gasteiger partial charge in [0.1, 0.15) is 0 Å². The number of carboxylic acids is 1. The average molecular weight is 558 g/mol. The molecule has 5 rings (SSSR count). The predicted molar refractivity (Wildman–Crippen MR) is 145 cm³/mol. The Balaban J connectivity index is 1.28. The van der Waals surface area contributed by atoms with Gasteiger partial charge in [0.15, 0.2) is 0 Å². The molecule has 1 N–H and O–H groups in total. The van der Waals surface area contributed by atoms with Gasteiger partial charge in [0.05, 0.1) is 16.5 Å².